The van der Waals surface area contributed by atoms with Crippen LogP contribution in [-0.4, -0.2) is 13.1 Å². The number of ether oxygens (including phenoxy) is 1. The summed E-state index contributed by atoms with van der Waals surface area (Å²) in [7, 11) is 1.42. The second-order valence-electron chi connectivity index (χ2n) is 4.81. The molecule has 100 valence electrons. The molecule has 0 aliphatic carbocycles. The minimum absolute atomic E-state index is 0.248. The molecule has 0 N–H and O–H groups in total. The van der Waals surface area contributed by atoms with Crippen molar-refractivity contribution in [2.45, 2.75) is 52.4 Å². The first-order valence-corrected chi connectivity index (χ1v) is 6.87. The SMILES string of the molecule is CCCCCCCc1ccc(C(=O)OC)c(C)c1. The summed E-state index contributed by atoms with van der Waals surface area (Å²) in [6.07, 6.45) is 7.58. The van der Waals surface area contributed by atoms with Crippen molar-refractivity contribution in [1.82, 2.24) is 0 Å². The van der Waals surface area contributed by atoms with E-state index < -0.39 is 0 Å². The molecule has 0 unspecified atom stereocenters. The Morgan fingerprint density at radius 1 is 1.17 bits per heavy atom. The number of methoxy groups -OCH3 is 1. The summed E-state index contributed by atoms with van der Waals surface area (Å²) in [6, 6.07) is 6.02. The first-order chi connectivity index (χ1) is 8.69. The van der Waals surface area contributed by atoms with Gasteiger partial charge in [-0.3, -0.25) is 0 Å². The Kier molecular flexibility index (Phi) is 6.48. The van der Waals surface area contributed by atoms with Gasteiger partial charge in [0.15, 0.2) is 0 Å². The number of hydrogen-bond donors (Lipinski definition) is 0. The third kappa shape index (κ3) is 4.52. The molecule has 0 aliphatic heterocycles. The summed E-state index contributed by atoms with van der Waals surface area (Å²) in [5.74, 6) is -0.248. The monoisotopic (exact) mass is 248 g/mol. The quantitative estimate of drug-likeness (QED) is 0.531. The van der Waals surface area contributed by atoms with Crippen LogP contribution >= 0.6 is 0 Å². The Hall–Kier alpha value is -1.31. The molecular formula is C16H24O2. The van der Waals surface area contributed by atoms with Crippen LogP contribution in [0.15, 0.2) is 18.2 Å². The van der Waals surface area contributed by atoms with Gasteiger partial charge in [-0.25, -0.2) is 4.79 Å². The van der Waals surface area contributed by atoms with Gasteiger partial charge in [0, 0.05) is 0 Å². The van der Waals surface area contributed by atoms with E-state index in [1.54, 1.807) is 0 Å². The average molecular weight is 248 g/mol. The lowest BCUT2D eigenvalue weighted by Gasteiger charge is -2.07. The second kappa shape index (κ2) is 7.91. The van der Waals surface area contributed by atoms with Gasteiger partial charge in [-0.1, -0.05) is 44.7 Å². The smallest absolute Gasteiger partial charge is 0.338 e. The highest BCUT2D eigenvalue weighted by Gasteiger charge is 2.08. The molecule has 0 fully saturated rings. The molecule has 0 amide bonds. The normalized spacial score (nSPS) is 10.4. The number of benzene rings is 1. The maximum atomic E-state index is 11.5. The molecule has 1 aromatic rings. The first kappa shape index (κ1) is 14.7. The van der Waals surface area contributed by atoms with Crippen LogP contribution in [0.3, 0.4) is 0 Å². The van der Waals surface area contributed by atoms with Crippen molar-refractivity contribution < 1.29 is 9.53 Å². The van der Waals surface area contributed by atoms with Crippen LogP contribution in [0.2, 0.25) is 0 Å². The summed E-state index contributed by atoms with van der Waals surface area (Å²) in [5, 5.41) is 0. The molecule has 0 spiro atoms. The minimum atomic E-state index is -0.248. The molecule has 0 bridgehead atoms. The Bertz CT molecular complexity index is 383. The first-order valence-electron chi connectivity index (χ1n) is 6.87. The van der Waals surface area contributed by atoms with E-state index in [-0.39, 0.29) is 5.97 Å². The third-order valence-electron chi connectivity index (χ3n) is 3.27. The van der Waals surface area contributed by atoms with Gasteiger partial charge in [0.25, 0.3) is 0 Å². The molecule has 2 heteroatoms. The van der Waals surface area contributed by atoms with E-state index in [2.05, 4.69) is 13.0 Å². The predicted octanol–water partition coefficient (Wildman–Crippen LogP) is 4.29. The molecule has 0 aliphatic rings. The molecule has 1 aromatic carbocycles. The number of unbranched alkanes of at least 4 members (excludes halogenated alkanes) is 4. The summed E-state index contributed by atoms with van der Waals surface area (Å²) >= 11 is 0. The lowest BCUT2D eigenvalue weighted by Crippen LogP contribution is -2.04. The molecule has 18 heavy (non-hydrogen) atoms. The Morgan fingerprint density at radius 2 is 1.89 bits per heavy atom. The van der Waals surface area contributed by atoms with Gasteiger partial charge in [0.05, 0.1) is 12.7 Å². The molecular weight excluding hydrogens is 224 g/mol. The molecule has 2 nitrogen and oxygen atoms in total. The highest BCUT2D eigenvalue weighted by molar-refractivity contribution is 5.90. The highest BCUT2D eigenvalue weighted by atomic mass is 16.5. The minimum Gasteiger partial charge on any atom is -0.465 e. The van der Waals surface area contributed by atoms with Crippen LogP contribution in [0, 0.1) is 6.92 Å². The van der Waals surface area contributed by atoms with E-state index in [0.29, 0.717) is 5.56 Å². The van der Waals surface area contributed by atoms with Crippen molar-refractivity contribution in [2.24, 2.45) is 0 Å². The molecule has 0 radical (unpaired) electrons. The number of hydrogen-bond acceptors (Lipinski definition) is 2. The molecule has 0 atom stereocenters. The summed E-state index contributed by atoms with van der Waals surface area (Å²) in [5.41, 5.74) is 3.00. The maximum Gasteiger partial charge on any atom is 0.338 e. The summed E-state index contributed by atoms with van der Waals surface area (Å²) < 4.78 is 4.74. The zero-order valence-electron chi connectivity index (χ0n) is 11.8. The van der Waals surface area contributed by atoms with E-state index in [0.717, 1.165) is 12.0 Å². The van der Waals surface area contributed by atoms with Crippen molar-refractivity contribution in [1.29, 1.82) is 0 Å². The van der Waals surface area contributed by atoms with Crippen LogP contribution in [0.25, 0.3) is 0 Å². The van der Waals surface area contributed by atoms with E-state index in [1.807, 2.05) is 19.1 Å². The third-order valence-corrected chi connectivity index (χ3v) is 3.27. The maximum absolute atomic E-state index is 11.5. The Morgan fingerprint density at radius 3 is 2.50 bits per heavy atom. The van der Waals surface area contributed by atoms with E-state index in [1.165, 1.54) is 44.8 Å². The Labute approximate surface area is 110 Å². The van der Waals surface area contributed by atoms with Crippen LogP contribution in [0.4, 0.5) is 0 Å². The lowest BCUT2D eigenvalue weighted by atomic mass is 10.0. The van der Waals surface area contributed by atoms with Gasteiger partial charge in [0.2, 0.25) is 0 Å². The summed E-state index contributed by atoms with van der Waals surface area (Å²) in [4.78, 5) is 11.5. The summed E-state index contributed by atoms with van der Waals surface area (Å²) in [6.45, 7) is 4.20. The van der Waals surface area contributed by atoms with E-state index in [9.17, 15) is 4.79 Å². The number of carbonyl (C=O) groups excluding carboxylic acids is 1. The van der Waals surface area contributed by atoms with Gasteiger partial charge in [-0.05, 0) is 37.0 Å². The number of esters is 1. The zero-order valence-corrected chi connectivity index (χ0v) is 11.8. The predicted molar refractivity (Wildman–Crippen MR) is 75.0 cm³/mol. The van der Waals surface area contributed by atoms with Crippen LogP contribution in [0.1, 0.15) is 60.5 Å². The lowest BCUT2D eigenvalue weighted by molar-refractivity contribution is 0.0600. The fourth-order valence-corrected chi connectivity index (χ4v) is 2.15. The fourth-order valence-electron chi connectivity index (χ4n) is 2.15. The van der Waals surface area contributed by atoms with Gasteiger partial charge in [-0.15, -0.1) is 0 Å². The largest absolute Gasteiger partial charge is 0.465 e. The number of carbonyl (C=O) groups is 1. The molecule has 0 saturated heterocycles. The van der Waals surface area contributed by atoms with Gasteiger partial charge in [-0.2, -0.15) is 0 Å². The second-order valence-corrected chi connectivity index (χ2v) is 4.81. The number of rotatable bonds is 7. The van der Waals surface area contributed by atoms with Crippen LogP contribution < -0.4 is 0 Å². The van der Waals surface area contributed by atoms with Crippen LogP contribution in [0.5, 0.6) is 0 Å². The molecule has 0 aromatic heterocycles. The van der Waals surface area contributed by atoms with Crippen molar-refractivity contribution in [2.75, 3.05) is 7.11 Å². The van der Waals surface area contributed by atoms with Crippen molar-refractivity contribution in [3.8, 4) is 0 Å². The van der Waals surface area contributed by atoms with Crippen molar-refractivity contribution >= 4 is 5.97 Å². The highest BCUT2D eigenvalue weighted by Crippen LogP contribution is 2.15. The van der Waals surface area contributed by atoms with Crippen molar-refractivity contribution in [3.63, 3.8) is 0 Å². The van der Waals surface area contributed by atoms with Gasteiger partial charge in [0.1, 0.15) is 0 Å². The number of aryl methyl sites for hydroxylation is 2. The Balaban J connectivity index is 2.49. The van der Waals surface area contributed by atoms with Gasteiger partial charge < -0.3 is 4.74 Å². The van der Waals surface area contributed by atoms with Crippen LogP contribution in [-0.2, 0) is 11.2 Å². The van der Waals surface area contributed by atoms with Gasteiger partial charge >= 0.3 is 5.97 Å². The van der Waals surface area contributed by atoms with E-state index >= 15 is 0 Å². The molecule has 1 rings (SSSR count). The topological polar surface area (TPSA) is 26.3 Å². The molecule has 0 saturated carbocycles. The van der Waals surface area contributed by atoms with Crippen molar-refractivity contribution in [3.05, 3.63) is 34.9 Å². The van der Waals surface area contributed by atoms with E-state index in [4.69, 9.17) is 4.74 Å². The standard InChI is InChI=1S/C16H24O2/c1-4-5-6-7-8-9-14-10-11-15(13(2)12-14)16(17)18-3/h10-12H,4-9H2,1-3H3. The molecule has 0 heterocycles. The zero-order chi connectivity index (χ0) is 13.4. The fraction of sp³-hybridized carbons (Fsp3) is 0.562. The average Bonchev–Trinajstić information content (AvgIpc) is 2.38.